The SMILES string of the molecule is COC(C1CCSCC1)C(F)(F)F. The van der Waals surface area contributed by atoms with Crippen LogP contribution in [-0.4, -0.2) is 30.9 Å². The molecule has 5 heteroatoms. The predicted molar refractivity (Wildman–Crippen MR) is 46.9 cm³/mol. The summed E-state index contributed by atoms with van der Waals surface area (Å²) in [4.78, 5) is 0. The van der Waals surface area contributed by atoms with Crippen LogP contribution < -0.4 is 0 Å². The molecule has 78 valence electrons. The molecule has 1 rings (SSSR count). The number of hydrogen-bond acceptors (Lipinski definition) is 2. The second kappa shape index (κ2) is 4.55. The summed E-state index contributed by atoms with van der Waals surface area (Å²) in [7, 11) is 1.14. The zero-order valence-electron chi connectivity index (χ0n) is 7.43. The van der Waals surface area contributed by atoms with Crippen molar-refractivity contribution in [2.75, 3.05) is 18.6 Å². The molecule has 0 amide bonds. The molecule has 0 bridgehead atoms. The van der Waals surface area contributed by atoms with Gasteiger partial charge in [-0.25, -0.2) is 0 Å². The average molecular weight is 214 g/mol. The molecule has 1 aliphatic rings. The summed E-state index contributed by atoms with van der Waals surface area (Å²) < 4.78 is 41.6. The lowest BCUT2D eigenvalue weighted by Crippen LogP contribution is -2.39. The van der Waals surface area contributed by atoms with Crippen LogP contribution >= 0.6 is 11.8 Å². The van der Waals surface area contributed by atoms with Gasteiger partial charge in [0, 0.05) is 7.11 Å². The molecule has 0 N–H and O–H groups in total. The first-order valence-electron chi connectivity index (χ1n) is 4.23. The number of halogens is 3. The molecule has 1 fully saturated rings. The van der Waals surface area contributed by atoms with Gasteiger partial charge in [-0.15, -0.1) is 0 Å². The summed E-state index contributed by atoms with van der Waals surface area (Å²) in [5, 5.41) is 0. The van der Waals surface area contributed by atoms with Crippen molar-refractivity contribution in [2.45, 2.75) is 25.1 Å². The van der Waals surface area contributed by atoms with E-state index >= 15 is 0 Å². The maximum atomic E-state index is 12.4. The molecule has 0 aliphatic carbocycles. The fourth-order valence-corrected chi connectivity index (χ4v) is 2.75. The molecule has 0 aromatic heterocycles. The number of thioether (sulfide) groups is 1. The highest BCUT2D eigenvalue weighted by molar-refractivity contribution is 7.99. The van der Waals surface area contributed by atoms with Gasteiger partial charge in [0.2, 0.25) is 0 Å². The molecule has 13 heavy (non-hydrogen) atoms. The van der Waals surface area contributed by atoms with Gasteiger partial charge in [0.15, 0.2) is 6.10 Å². The van der Waals surface area contributed by atoms with Crippen LogP contribution in [-0.2, 0) is 4.74 Å². The van der Waals surface area contributed by atoms with Crippen molar-refractivity contribution in [3.63, 3.8) is 0 Å². The molecule has 1 unspecified atom stereocenters. The maximum Gasteiger partial charge on any atom is 0.414 e. The van der Waals surface area contributed by atoms with Gasteiger partial charge in [0.1, 0.15) is 0 Å². The molecule has 1 nitrogen and oxygen atoms in total. The van der Waals surface area contributed by atoms with Crippen LogP contribution in [0.4, 0.5) is 13.2 Å². The Morgan fingerprint density at radius 3 is 2.23 bits per heavy atom. The normalized spacial score (nSPS) is 23.1. The van der Waals surface area contributed by atoms with Gasteiger partial charge in [-0.3, -0.25) is 0 Å². The van der Waals surface area contributed by atoms with Crippen molar-refractivity contribution in [1.29, 1.82) is 0 Å². The minimum Gasteiger partial charge on any atom is -0.372 e. The molecule has 1 atom stereocenters. The molecule has 1 saturated heterocycles. The van der Waals surface area contributed by atoms with E-state index in [2.05, 4.69) is 4.74 Å². The summed E-state index contributed by atoms with van der Waals surface area (Å²) in [5.74, 6) is 1.30. The van der Waals surface area contributed by atoms with E-state index in [1.165, 1.54) is 0 Å². The second-order valence-corrected chi connectivity index (χ2v) is 4.37. The standard InChI is InChI=1S/C8H13F3OS/c1-12-7(8(9,10)11)6-2-4-13-5-3-6/h6-7H,2-5H2,1H3. The fraction of sp³-hybridized carbons (Fsp3) is 1.00. The summed E-state index contributed by atoms with van der Waals surface area (Å²) >= 11 is 1.71. The molecular formula is C8H13F3OS. The molecule has 0 aromatic carbocycles. The second-order valence-electron chi connectivity index (χ2n) is 3.15. The van der Waals surface area contributed by atoms with E-state index < -0.39 is 12.3 Å². The lowest BCUT2D eigenvalue weighted by Gasteiger charge is -2.30. The van der Waals surface area contributed by atoms with Gasteiger partial charge in [-0.05, 0) is 30.3 Å². The van der Waals surface area contributed by atoms with Crippen LogP contribution in [0.3, 0.4) is 0 Å². The van der Waals surface area contributed by atoms with Crippen molar-refractivity contribution in [3.05, 3.63) is 0 Å². The zero-order valence-corrected chi connectivity index (χ0v) is 8.25. The zero-order chi connectivity index (χ0) is 9.90. The molecule has 0 spiro atoms. The van der Waals surface area contributed by atoms with Crippen LogP contribution in [0.5, 0.6) is 0 Å². The van der Waals surface area contributed by atoms with Gasteiger partial charge in [-0.1, -0.05) is 0 Å². The van der Waals surface area contributed by atoms with E-state index in [0.29, 0.717) is 12.8 Å². The Labute approximate surface area is 80.0 Å². The van der Waals surface area contributed by atoms with E-state index in [9.17, 15) is 13.2 Å². The van der Waals surface area contributed by atoms with Crippen LogP contribution in [0.15, 0.2) is 0 Å². The molecular weight excluding hydrogens is 201 g/mol. The van der Waals surface area contributed by atoms with Crippen LogP contribution in [0.1, 0.15) is 12.8 Å². The van der Waals surface area contributed by atoms with Crippen LogP contribution in [0, 0.1) is 5.92 Å². The van der Waals surface area contributed by atoms with Gasteiger partial charge < -0.3 is 4.74 Å². The van der Waals surface area contributed by atoms with Gasteiger partial charge in [-0.2, -0.15) is 24.9 Å². The van der Waals surface area contributed by atoms with Gasteiger partial charge in [0.25, 0.3) is 0 Å². The van der Waals surface area contributed by atoms with E-state index in [1.807, 2.05) is 0 Å². The summed E-state index contributed by atoms with van der Waals surface area (Å²) in [6.45, 7) is 0. The van der Waals surface area contributed by atoms with Crippen molar-refractivity contribution in [3.8, 4) is 0 Å². The van der Waals surface area contributed by atoms with Crippen LogP contribution in [0.2, 0.25) is 0 Å². The van der Waals surface area contributed by atoms with Crippen LogP contribution in [0.25, 0.3) is 0 Å². The maximum absolute atomic E-state index is 12.4. The van der Waals surface area contributed by atoms with Gasteiger partial charge >= 0.3 is 6.18 Å². The largest absolute Gasteiger partial charge is 0.414 e. The average Bonchev–Trinajstić information content (AvgIpc) is 2.05. The number of hydrogen-bond donors (Lipinski definition) is 0. The number of ether oxygens (including phenoxy) is 1. The summed E-state index contributed by atoms with van der Waals surface area (Å²) in [5.41, 5.74) is 0. The number of alkyl halides is 3. The topological polar surface area (TPSA) is 9.23 Å². The Morgan fingerprint density at radius 2 is 1.85 bits per heavy atom. The molecule has 0 radical (unpaired) electrons. The molecule has 0 saturated carbocycles. The number of methoxy groups -OCH3 is 1. The molecule has 1 aliphatic heterocycles. The Balaban J connectivity index is 2.54. The minimum atomic E-state index is -4.21. The third kappa shape index (κ3) is 3.06. The molecule has 1 heterocycles. The van der Waals surface area contributed by atoms with E-state index in [0.717, 1.165) is 18.6 Å². The Hall–Kier alpha value is 0.100. The number of rotatable bonds is 2. The Bertz CT molecular complexity index is 154. The summed E-state index contributed by atoms with van der Waals surface area (Å²) in [6, 6.07) is 0. The Morgan fingerprint density at radius 1 is 1.31 bits per heavy atom. The van der Waals surface area contributed by atoms with Crippen molar-refractivity contribution in [2.24, 2.45) is 5.92 Å². The summed E-state index contributed by atoms with van der Waals surface area (Å²) in [6.07, 6.45) is -4.54. The van der Waals surface area contributed by atoms with Gasteiger partial charge in [0.05, 0.1) is 0 Å². The third-order valence-corrected chi connectivity index (χ3v) is 3.32. The first-order valence-corrected chi connectivity index (χ1v) is 5.38. The molecule has 0 aromatic rings. The highest BCUT2D eigenvalue weighted by Gasteiger charge is 2.45. The monoisotopic (exact) mass is 214 g/mol. The van der Waals surface area contributed by atoms with E-state index in [-0.39, 0.29) is 5.92 Å². The van der Waals surface area contributed by atoms with Crippen molar-refractivity contribution in [1.82, 2.24) is 0 Å². The first kappa shape index (κ1) is 11.2. The highest BCUT2D eigenvalue weighted by Crippen LogP contribution is 2.35. The van der Waals surface area contributed by atoms with Crippen molar-refractivity contribution >= 4 is 11.8 Å². The third-order valence-electron chi connectivity index (χ3n) is 2.27. The quantitative estimate of drug-likeness (QED) is 0.699. The van der Waals surface area contributed by atoms with Crippen molar-refractivity contribution < 1.29 is 17.9 Å². The smallest absolute Gasteiger partial charge is 0.372 e. The fourth-order valence-electron chi connectivity index (χ4n) is 1.61. The first-order chi connectivity index (χ1) is 6.05. The lowest BCUT2D eigenvalue weighted by atomic mass is 9.95. The van der Waals surface area contributed by atoms with E-state index in [4.69, 9.17) is 0 Å². The minimum absolute atomic E-state index is 0.341. The lowest BCUT2D eigenvalue weighted by molar-refractivity contribution is -0.229. The highest BCUT2D eigenvalue weighted by atomic mass is 32.2. The predicted octanol–water partition coefficient (Wildman–Crippen LogP) is 2.71. The van der Waals surface area contributed by atoms with E-state index in [1.54, 1.807) is 11.8 Å². The Kier molecular flexibility index (Phi) is 3.91.